The van der Waals surface area contributed by atoms with Gasteiger partial charge in [-0.25, -0.2) is 13.4 Å². The van der Waals surface area contributed by atoms with Crippen molar-refractivity contribution in [2.45, 2.75) is 45.1 Å². The molecule has 1 fully saturated rings. The van der Waals surface area contributed by atoms with Crippen LogP contribution in [-0.4, -0.2) is 31.7 Å². The average molecular weight is 303 g/mol. The van der Waals surface area contributed by atoms with E-state index in [1.165, 1.54) is 11.3 Å². The highest BCUT2D eigenvalue weighted by atomic mass is 32.2. The van der Waals surface area contributed by atoms with Crippen molar-refractivity contribution >= 4 is 26.5 Å². The van der Waals surface area contributed by atoms with Gasteiger partial charge in [-0.15, -0.1) is 11.3 Å². The summed E-state index contributed by atoms with van der Waals surface area (Å²) in [5.74, 6) is 0.443. The predicted molar refractivity (Wildman–Crippen MR) is 79.3 cm³/mol. The number of hydrogen-bond donors (Lipinski definition) is 2. The van der Waals surface area contributed by atoms with Gasteiger partial charge in [-0.1, -0.05) is 20.3 Å². The molecule has 0 aliphatic carbocycles. The van der Waals surface area contributed by atoms with Crippen molar-refractivity contribution in [3.05, 3.63) is 11.1 Å². The maximum absolute atomic E-state index is 12.1. The summed E-state index contributed by atoms with van der Waals surface area (Å²) in [6.07, 6.45) is 3.16. The molecule has 108 valence electrons. The fourth-order valence-corrected chi connectivity index (χ4v) is 4.60. The van der Waals surface area contributed by atoms with Crippen molar-refractivity contribution in [2.24, 2.45) is 0 Å². The first-order valence-electron chi connectivity index (χ1n) is 6.65. The van der Waals surface area contributed by atoms with E-state index in [4.69, 9.17) is 0 Å². The molecule has 19 heavy (non-hydrogen) atoms. The minimum Gasteiger partial charge on any atom is -0.313 e. The minimum absolute atomic E-state index is 0.0655. The standard InChI is InChI=1S/C12H21N3O2S2/c1-9(2)11-7-18-12(14-11)15-19(16,17)8-10-5-3-4-6-13-10/h7,9-10,13H,3-6,8H2,1-2H3,(H,14,15). The van der Waals surface area contributed by atoms with Crippen LogP contribution < -0.4 is 10.0 Å². The van der Waals surface area contributed by atoms with E-state index in [-0.39, 0.29) is 11.8 Å². The molecule has 5 nitrogen and oxygen atoms in total. The Morgan fingerprint density at radius 1 is 1.53 bits per heavy atom. The van der Waals surface area contributed by atoms with Gasteiger partial charge in [0, 0.05) is 11.4 Å². The van der Waals surface area contributed by atoms with Gasteiger partial charge in [0.25, 0.3) is 0 Å². The van der Waals surface area contributed by atoms with Gasteiger partial charge in [0.2, 0.25) is 10.0 Å². The Hall–Kier alpha value is -0.660. The third-order valence-electron chi connectivity index (χ3n) is 3.19. The topological polar surface area (TPSA) is 71.1 Å². The lowest BCUT2D eigenvalue weighted by atomic mass is 10.1. The van der Waals surface area contributed by atoms with Crippen LogP contribution in [0.15, 0.2) is 5.38 Å². The molecule has 0 bridgehead atoms. The second-order valence-electron chi connectivity index (χ2n) is 5.26. The van der Waals surface area contributed by atoms with Gasteiger partial charge >= 0.3 is 0 Å². The number of aromatic nitrogens is 1. The Balaban J connectivity index is 1.95. The van der Waals surface area contributed by atoms with Gasteiger partial charge in [-0.05, 0) is 25.3 Å². The van der Waals surface area contributed by atoms with Gasteiger partial charge in [0.15, 0.2) is 5.13 Å². The molecule has 0 aromatic carbocycles. The van der Waals surface area contributed by atoms with Crippen molar-refractivity contribution in [1.82, 2.24) is 10.3 Å². The molecule has 2 heterocycles. The quantitative estimate of drug-likeness (QED) is 0.874. The van der Waals surface area contributed by atoms with E-state index in [1.807, 2.05) is 19.2 Å². The summed E-state index contributed by atoms with van der Waals surface area (Å²) in [4.78, 5) is 4.30. The van der Waals surface area contributed by atoms with Crippen molar-refractivity contribution in [1.29, 1.82) is 0 Å². The lowest BCUT2D eigenvalue weighted by Crippen LogP contribution is -2.40. The molecule has 1 saturated heterocycles. The molecule has 7 heteroatoms. The number of thiazole rings is 1. The highest BCUT2D eigenvalue weighted by Crippen LogP contribution is 2.22. The van der Waals surface area contributed by atoms with E-state index >= 15 is 0 Å². The van der Waals surface area contributed by atoms with Crippen LogP contribution in [0, 0.1) is 0 Å². The molecule has 2 rings (SSSR count). The summed E-state index contributed by atoms with van der Waals surface area (Å²) in [5.41, 5.74) is 0.929. The van der Waals surface area contributed by atoms with Crippen LogP contribution in [0.3, 0.4) is 0 Å². The molecule has 0 radical (unpaired) electrons. The summed E-state index contributed by atoms with van der Waals surface area (Å²) in [7, 11) is -3.31. The van der Waals surface area contributed by atoms with Crippen molar-refractivity contribution in [3.8, 4) is 0 Å². The largest absolute Gasteiger partial charge is 0.313 e. The van der Waals surface area contributed by atoms with E-state index in [2.05, 4.69) is 15.0 Å². The lowest BCUT2D eigenvalue weighted by molar-refractivity contribution is 0.424. The smallest absolute Gasteiger partial charge is 0.236 e. The second-order valence-corrected chi connectivity index (χ2v) is 7.89. The fourth-order valence-electron chi connectivity index (χ4n) is 2.10. The SMILES string of the molecule is CC(C)c1csc(NS(=O)(=O)CC2CCCCN2)n1. The van der Waals surface area contributed by atoms with Crippen LogP contribution in [0.1, 0.15) is 44.7 Å². The van der Waals surface area contributed by atoms with E-state index in [0.717, 1.165) is 31.5 Å². The minimum atomic E-state index is -3.31. The van der Waals surface area contributed by atoms with Gasteiger partial charge < -0.3 is 5.32 Å². The first kappa shape index (κ1) is 14.7. The highest BCUT2D eigenvalue weighted by Gasteiger charge is 2.21. The number of piperidine rings is 1. The summed E-state index contributed by atoms with van der Waals surface area (Å²) in [5, 5.41) is 5.62. The van der Waals surface area contributed by atoms with Gasteiger partial charge in [-0.2, -0.15) is 0 Å². The number of hydrogen-bond acceptors (Lipinski definition) is 5. The molecule has 0 spiro atoms. The van der Waals surface area contributed by atoms with Crippen LogP contribution in [0.4, 0.5) is 5.13 Å². The summed E-state index contributed by atoms with van der Waals surface area (Å²) >= 11 is 1.34. The second kappa shape index (κ2) is 6.19. The molecule has 1 unspecified atom stereocenters. The summed E-state index contributed by atoms with van der Waals surface area (Å²) in [6, 6.07) is 0.0655. The number of sulfonamides is 1. The van der Waals surface area contributed by atoms with Crippen LogP contribution in [0.2, 0.25) is 0 Å². The molecule has 0 amide bonds. The first-order valence-corrected chi connectivity index (χ1v) is 9.19. The number of rotatable bonds is 5. The molecule has 1 aromatic rings. The van der Waals surface area contributed by atoms with Gasteiger partial charge in [-0.3, -0.25) is 4.72 Å². The van der Waals surface area contributed by atoms with Crippen molar-refractivity contribution in [2.75, 3.05) is 17.0 Å². The highest BCUT2D eigenvalue weighted by molar-refractivity contribution is 7.92. The third kappa shape index (κ3) is 4.43. The molecule has 1 aliphatic heterocycles. The number of nitrogens with zero attached hydrogens (tertiary/aromatic N) is 1. The van der Waals surface area contributed by atoms with Crippen LogP contribution in [0.5, 0.6) is 0 Å². The third-order valence-corrected chi connectivity index (χ3v) is 5.44. The van der Waals surface area contributed by atoms with Crippen molar-refractivity contribution < 1.29 is 8.42 Å². The molecule has 2 N–H and O–H groups in total. The molecule has 1 aliphatic rings. The Kier molecular flexibility index (Phi) is 4.81. The number of anilines is 1. The molecule has 0 saturated carbocycles. The average Bonchev–Trinajstić information content (AvgIpc) is 2.77. The molecule has 1 aromatic heterocycles. The zero-order valence-electron chi connectivity index (χ0n) is 11.3. The maximum atomic E-state index is 12.1. The van der Waals surface area contributed by atoms with Crippen LogP contribution in [-0.2, 0) is 10.0 Å². The van der Waals surface area contributed by atoms with E-state index in [1.54, 1.807) is 0 Å². The Labute approximate surface area is 118 Å². The monoisotopic (exact) mass is 303 g/mol. The predicted octanol–water partition coefficient (Wildman–Crippen LogP) is 2.15. The molecule has 1 atom stereocenters. The Bertz CT molecular complexity index is 505. The van der Waals surface area contributed by atoms with Crippen molar-refractivity contribution in [3.63, 3.8) is 0 Å². The summed E-state index contributed by atoms with van der Waals surface area (Å²) < 4.78 is 26.7. The van der Waals surface area contributed by atoms with Gasteiger partial charge in [0.1, 0.15) is 0 Å². The van der Waals surface area contributed by atoms with Gasteiger partial charge in [0.05, 0.1) is 11.4 Å². The van der Waals surface area contributed by atoms with Crippen LogP contribution >= 0.6 is 11.3 Å². The first-order chi connectivity index (χ1) is 8.96. The Morgan fingerprint density at radius 3 is 2.89 bits per heavy atom. The number of nitrogens with one attached hydrogen (secondary N) is 2. The van der Waals surface area contributed by atoms with E-state index in [9.17, 15) is 8.42 Å². The van der Waals surface area contributed by atoms with Crippen LogP contribution in [0.25, 0.3) is 0 Å². The normalized spacial score (nSPS) is 20.7. The molecular formula is C12H21N3O2S2. The molecular weight excluding hydrogens is 282 g/mol. The lowest BCUT2D eigenvalue weighted by Gasteiger charge is -2.23. The van der Waals surface area contributed by atoms with E-state index in [0.29, 0.717) is 11.0 Å². The summed E-state index contributed by atoms with van der Waals surface area (Å²) in [6.45, 7) is 4.99. The maximum Gasteiger partial charge on any atom is 0.236 e. The fraction of sp³-hybridized carbons (Fsp3) is 0.750. The zero-order valence-corrected chi connectivity index (χ0v) is 13.0. The zero-order chi connectivity index (χ0) is 13.9. The van der Waals surface area contributed by atoms with E-state index < -0.39 is 10.0 Å². The Morgan fingerprint density at radius 2 is 2.32 bits per heavy atom.